The molecule has 0 saturated carbocycles. The number of aryl methyl sites for hydroxylation is 2. The van der Waals surface area contributed by atoms with Crippen molar-refractivity contribution in [2.45, 2.75) is 31.8 Å². The number of hydrogen-bond acceptors (Lipinski definition) is 5. The number of urea groups is 1. The minimum Gasteiger partial charge on any atom is -0.324 e. The summed E-state index contributed by atoms with van der Waals surface area (Å²) < 4.78 is 0. The summed E-state index contributed by atoms with van der Waals surface area (Å²) in [5, 5.41) is 7.87. The Kier molecular flexibility index (Phi) is 7.92. The van der Waals surface area contributed by atoms with Gasteiger partial charge in [-0.25, -0.2) is 4.79 Å². The van der Waals surface area contributed by atoms with Crippen LogP contribution in [0.4, 0.5) is 10.5 Å². The Balaban J connectivity index is 1.40. The fourth-order valence-corrected chi connectivity index (χ4v) is 5.05. The molecule has 0 radical (unpaired) electrons. The average molecular weight is 480 g/mol. The lowest BCUT2D eigenvalue weighted by molar-refractivity contribution is 0.0964. The zero-order valence-electron chi connectivity index (χ0n) is 19.8. The molecule has 8 heteroatoms. The lowest BCUT2D eigenvalue weighted by atomic mass is 10.1. The molecule has 180 valence electrons. The molecule has 1 atom stereocenters. The van der Waals surface area contributed by atoms with Gasteiger partial charge in [-0.2, -0.15) is 0 Å². The van der Waals surface area contributed by atoms with Gasteiger partial charge in [0.1, 0.15) is 0 Å². The van der Waals surface area contributed by atoms with Crippen LogP contribution in [0.25, 0.3) is 0 Å². The van der Waals surface area contributed by atoms with E-state index in [4.69, 9.17) is 5.73 Å². The van der Waals surface area contributed by atoms with Crippen molar-refractivity contribution in [3.63, 3.8) is 0 Å². The molecule has 0 bridgehead atoms. The first-order chi connectivity index (χ1) is 16.4. The third-order valence-corrected chi connectivity index (χ3v) is 7.16. The lowest BCUT2D eigenvalue weighted by Crippen LogP contribution is -2.39. The first kappa shape index (κ1) is 24.3. The van der Waals surface area contributed by atoms with Gasteiger partial charge < -0.3 is 26.2 Å². The fraction of sp³-hybridized carbons (Fsp3) is 0.385. The Morgan fingerprint density at radius 3 is 2.50 bits per heavy atom. The lowest BCUT2D eigenvalue weighted by Gasteiger charge is -2.25. The number of amides is 3. The van der Waals surface area contributed by atoms with Crippen molar-refractivity contribution in [1.82, 2.24) is 15.1 Å². The highest BCUT2D eigenvalue weighted by atomic mass is 32.2. The van der Waals surface area contributed by atoms with Gasteiger partial charge in [0.15, 0.2) is 0 Å². The number of nitrogens with zero attached hydrogens (tertiary/aromatic N) is 2. The topological polar surface area (TPSA) is 90.7 Å². The second kappa shape index (κ2) is 11.1. The van der Waals surface area contributed by atoms with E-state index in [1.165, 1.54) is 17.5 Å². The highest BCUT2D eigenvalue weighted by molar-refractivity contribution is 8.02. The van der Waals surface area contributed by atoms with Crippen molar-refractivity contribution in [2.75, 3.05) is 38.3 Å². The molecule has 2 aromatic carbocycles. The van der Waals surface area contributed by atoms with Crippen LogP contribution in [0.3, 0.4) is 0 Å². The Hall–Kier alpha value is -2.81. The summed E-state index contributed by atoms with van der Waals surface area (Å²) in [6, 6.07) is 13.3. The molecule has 4 N–H and O–H groups in total. The normalized spacial score (nSPS) is 16.8. The van der Waals surface area contributed by atoms with E-state index in [1.54, 1.807) is 23.9 Å². The second-order valence-electron chi connectivity index (χ2n) is 9.16. The van der Waals surface area contributed by atoms with E-state index in [0.29, 0.717) is 18.7 Å². The average Bonchev–Trinajstić information content (AvgIpc) is 3.45. The molecule has 7 nitrogen and oxygen atoms in total. The number of carbonyl (C=O) groups excluding carboxylic acids is 2. The Labute approximate surface area is 205 Å². The number of benzene rings is 2. The summed E-state index contributed by atoms with van der Waals surface area (Å²) in [7, 11) is 3.99. The predicted octanol–water partition coefficient (Wildman–Crippen LogP) is 3.42. The van der Waals surface area contributed by atoms with E-state index >= 15 is 0 Å². The quantitative estimate of drug-likeness (QED) is 0.540. The molecule has 1 unspecified atom stereocenters. The molecule has 0 fully saturated rings. The van der Waals surface area contributed by atoms with Gasteiger partial charge in [0.2, 0.25) is 0 Å². The molecule has 4 rings (SSSR count). The molecular weight excluding hydrogens is 446 g/mol. The molecule has 3 amide bonds. The van der Waals surface area contributed by atoms with Crippen molar-refractivity contribution in [3.8, 4) is 0 Å². The van der Waals surface area contributed by atoms with Crippen LogP contribution < -0.4 is 16.4 Å². The van der Waals surface area contributed by atoms with E-state index in [0.717, 1.165) is 42.1 Å². The maximum absolute atomic E-state index is 13.1. The van der Waals surface area contributed by atoms with Crippen molar-refractivity contribution in [3.05, 3.63) is 75.8 Å². The third kappa shape index (κ3) is 6.20. The van der Waals surface area contributed by atoms with Crippen LogP contribution in [0.1, 0.15) is 33.5 Å². The van der Waals surface area contributed by atoms with Crippen LogP contribution >= 0.6 is 11.8 Å². The van der Waals surface area contributed by atoms with Crippen molar-refractivity contribution >= 4 is 29.4 Å². The zero-order valence-corrected chi connectivity index (χ0v) is 20.7. The van der Waals surface area contributed by atoms with Crippen LogP contribution in [-0.4, -0.2) is 60.7 Å². The minimum absolute atomic E-state index is 0.124. The molecule has 0 aromatic heterocycles. The largest absolute Gasteiger partial charge is 0.324 e. The van der Waals surface area contributed by atoms with Gasteiger partial charge in [0, 0.05) is 42.3 Å². The molecule has 1 aliphatic heterocycles. The number of fused-ring (bicyclic) bond motifs is 1. The number of thioether (sulfide) groups is 1. The number of likely N-dealkylation sites (N-methyl/N-ethyl adjacent to an activating group) is 1. The molecular formula is C26H33N5O2S. The van der Waals surface area contributed by atoms with Gasteiger partial charge in [-0.05, 0) is 79.7 Å². The summed E-state index contributed by atoms with van der Waals surface area (Å²) in [6.07, 6.45) is 3.38. The fourth-order valence-electron chi connectivity index (χ4n) is 4.15. The van der Waals surface area contributed by atoms with Crippen LogP contribution in [0.2, 0.25) is 0 Å². The van der Waals surface area contributed by atoms with E-state index in [2.05, 4.69) is 27.7 Å². The van der Waals surface area contributed by atoms with Crippen LogP contribution in [0, 0.1) is 0 Å². The van der Waals surface area contributed by atoms with E-state index in [9.17, 15) is 9.59 Å². The second-order valence-corrected chi connectivity index (χ2v) is 10.1. The number of nitrogens with two attached hydrogens (primary N) is 1. The summed E-state index contributed by atoms with van der Waals surface area (Å²) in [5.74, 6) is 0.611. The van der Waals surface area contributed by atoms with Crippen LogP contribution in [-0.2, 0) is 19.4 Å². The number of anilines is 1. The molecule has 0 spiro atoms. The predicted molar refractivity (Wildman–Crippen MR) is 139 cm³/mol. The number of hydrogen-bond donors (Lipinski definition) is 3. The molecule has 0 saturated heterocycles. The SMILES string of the molecule is CN(C)CCN(Cc1ccc(C(=O)NC2=CSCC2N)cc1)C(=O)Nc1ccc2c(c1)CCC2. The van der Waals surface area contributed by atoms with Gasteiger partial charge in [0.25, 0.3) is 5.91 Å². The van der Waals surface area contributed by atoms with Crippen molar-refractivity contribution in [2.24, 2.45) is 5.73 Å². The monoisotopic (exact) mass is 479 g/mol. The number of nitrogens with one attached hydrogen (secondary N) is 2. The van der Waals surface area contributed by atoms with Crippen molar-refractivity contribution < 1.29 is 9.59 Å². The number of carbonyl (C=O) groups is 2. The first-order valence-electron chi connectivity index (χ1n) is 11.7. The van der Waals surface area contributed by atoms with Crippen LogP contribution in [0.15, 0.2) is 53.6 Å². The van der Waals surface area contributed by atoms with Crippen LogP contribution in [0.5, 0.6) is 0 Å². The van der Waals surface area contributed by atoms with Gasteiger partial charge in [-0.1, -0.05) is 18.2 Å². The van der Waals surface area contributed by atoms with Crippen molar-refractivity contribution in [1.29, 1.82) is 0 Å². The highest BCUT2D eigenvalue weighted by Crippen LogP contribution is 2.25. The summed E-state index contributed by atoms with van der Waals surface area (Å²) in [4.78, 5) is 29.6. The van der Waals surface area contributed by atoms with Gasteiger partial charge >= 0.3 is 6.03 Å². The summed E-state index contributed by atoms with van der Waals surface area (Å²) in [5.41, 5.74) is 11.8. The minimum atomic E-state index is -0.172. The molecule has 1 heterocycles. The van der Waals surface area contributed by atoms with E-state index in [1.807, 2.05) is 42.6 Å². The van der Waals surface area contributed by atoms with E-state index in [-0.39, 0.29) is 18.0 Å². The zero-order chi connectivity index (χ0) is 24.1. The first-order valence-corrected chi connectivity index (χ1v) is 12.7. The van der Waals surface area contributed by atoms with Gasteiger partial charge in [-0.15, -0.1) is 11.8 Å². The Morgan fingerprint density at radius 1 is 1.03 bits per heavy atom. The maximum atomic E-state index is 13.1. The highest BCUT2D eigenvalue weighted by Gasteiger charge is 2.19. The van der Waals surface area contributed by atoms with E-state index < -0.39 is 0 Å². The maximum Gasteiger partial charge on any atom is 0.322 e. The van der Waals surface area contributed by atoms with Gasteiger partial charge in [0.05, 0.1) is 6.04 Å². The standard InChI is InChI=1S/C26H33N5O2S/c1-30(2)12-13-31(26(33)28-22-11-10-19-4-3-5-21(19)14-22)15-18-6-8-20(9-7-18)25(32)29-24-17-34-16-23(24)27/h6-11,14,17,23H,3-5,12-13,15-16,27H2,1-2H3,(H,28,33)(H,29,32). The molecule has 34 heavy (non-hydrogen) atoms. The Bertz CT molecular complexity index is 1070. The molecule has 1 aliphatic carbocycles. The molecule has 2 aromatic rings. The summed E-state index contributed by atoms with van der Waals surface area (Å²) in [6.45, 7) is 1.81. The van der Waals surface area contributed by atoms with Gasteiger partial charge in [-0.3, -0.25) is 4.79 Å². The molecule has 2 aliphatic rings. The Morgan fingerprint density at radius 2 is 1.79 bits per heavy atom. The summed E-state index contributed by atoms with van der Waals surface area (Å²) >= 11 is 1.60. The third-order valence-electron chi connectivity index (χ3n) is 6.19. The smallest absolute Gasteiger partial charge is 0.322 e. The number of rotatable bonds is 8.